The van der Waals surface area contributed by atoms with Crippen molar-refractivity contribution >= 4 is 5.97 Å². The molecular formula is C4H188O92. The van der Waals surface area contributed by atoms with Crippen molar-refractivity contribution in [2.24, 2.45) is 0 Å². The van der Waals surface area contributed by atoms with E-state index in [4.69, 9.17) is 0 Å². The molecule has 0 unspecified atom stereocenters. The maximum atomic E-state index is 9.82. The molecule has 0 aromatic carbocycles. The highest BCUT2D eigenvalue weighted by Gasteiger charge is 1.81. The molecule has 0 atom stereocenters. The van der Waals surface area contributed by atoms with Crippen molar-refractivity contribution in [3.05, 3.63) is 0 Å². The first-order valence-electron chi connectivity index (χ1n) is 1.90. The fraction of sp³-hybridized carbons (Fsp3) is 0.750. The van der Waals surface area contributed by atoms with Crippen molar-refractivity contribution in [2.45, 2.75) is 13.8 Å². The lowest BCUT2D eigenvalue weighted by Gasteiger charge is -1.89. The molecule has 0 aliphatic carbocycles. The molecule has 0 spiro atoms. The second-order valence-electron chi connectivity index (χ2n) is 0.925. The fourth-order valence-corrected chi connectivity index (χ4v) is 0.203. The van der Waals surface area contributed by atoms with Crippen molar-refractivity contribution in [1.82, 2.24) is 0 Å². The predicted octanol–water partition coefficient (Wildman–Crippen LogP) is -73.7. The molecule has 180 N–H and O–H groups in total. The quantitative estimate of drug-likeness (QED) is 0.231. The van der Waals surface area contributed by atoms with Gasteiger partial charge in [-0.25, -0.2) is 0 Å². The predicted molar refractivity (Wildman–Crippen MR) is 348 cm³/mol. The van der Waals surface area contributed by atoms with Gasteiger partial charge in [-0.3, -0.25) is 4.79 Å². The van der Waals surface area contributed by atoms with Gasteiger partial charge in [0.05, 0.1) is 6.61 Å². The minimum Gasteiger partial charge on any atom is -0.466 e. The Kier molecular flexibility index (Phi) is 10100000000. The van der Waals surface area contributed by atoms with Crippen LogP contribution in [-0.2, 0) is 9.53 Å². The summed E-state index contributed by atoms with van der Waals surface area (Å²) < 4.78 is 4.40. The van der Waals surface area contributed by atoms with Gasteiger partial charge in [-0.15, -0.1) is 0 Å². The molecule has 0 bridgehead atoms. The monoisotopic (exact) mass is 1710 g/mol. The fourth-order valence-electron chi connectivity index (χ4n) is 0.203. The highest BCUT2D eigenvalue weighted by molar-refractivity contribution is 5.65. The zero-order valence-electron chi connectivity index (χ0n) is 49.0. The van der Waals surface area contributed by atoms with Gasteiger partial charge < -0.3 is 498 Å². The average Bonchev–Trinajstić information content (AvgIpc) is 1.35. The Morgan fingerprint density at radius 3 is 0.156 bits per heavy atom. The molecule has 0 saturated carbocycles. The van der Waals surface area contributed by atoms with E-state index in [-0.39, 0.29) is 499 Å². The first-order chi connectivity index (χ1) is 2.77. The van der Waals surface area contributed by atoms with Crippen LogP contribution in [0.5, 0.6) is 0 Å². The minimum atomic E-state index is -0.211. The second kappa shape index (κ2) is 970000. The maximum absolute atomic E-state index is 9.82. The lowest BCUT2D eigenvalue weighted by atomic mass is 10.8. The lowest BCUT2D eigenvalue weighted by molar-refractivity contribution is -0.140. The van der Waals surface area contributed by atoms with E-state index in [9.17, 15) is 4.79 Å². The van der Waals surface area contributed by atoms with Crippen LogP contribution in [0.2, 0.25) is 0 Å². The molecule has 0 aliphatic rings. The molecule has 0 heterocycles. The molecular weight excluding hydrogens is 1520 g/mol. The molecule has 92 nitrogen and oxygen atoms in total. The van der Waals surface area contributed by atoms with E-state index >= 15 is 0 Å². The lowest BCUT2D eigenvalue weighted by Crippen LogP contribution is -1.95. The van der Waals surface area contributed by atoms with Crippen LogP contribution in [0.25, 0.3) is 0 Å². The summed E-state index contributed by atoms with van der Waals surface area (Å²) >= 11 is 0. The Morgan fingerprint density at radius 1 is 0.125 bits per heavy atom. The summed E-state index contributed by atoms with van der Waals surface area (Å²) in [6.07, 6.45) is 0. The van der Waals surface area contributed by atoms with Gasteiger partial charge in [0, 0.05) is 6.92 Å². The summed E-state index contributed by atoms with van der Waals surface area (Å²) in [5, 5.41) is 0. The van der Waals surface area contributed by atoms with Crippen molar-refractivity contribution in [3.8, 4) is 0 Å². The normalized spacial score (nSPS) is 0.479. The van der Waals surface area contributed by atoms with Crippen LogP contribution >= 0.6 is 0 Å². The van der Waals surface area contributed by atoms with E-state index in [0.717, 1.165) is 0 Å². The molecule has 0 aliphatic heterocycles. The maximum Gasteiger partial charge on any atom is 0.302 e. The summed E-state index contributed by atoms with van der Waals surface area (Å²) in [5.41, 5.74) is 0. The molecule has 0 fully saturated rings. The Morgan fingerprint density at radius 2 is 0.156 bits per heavy atom. The number of carbonyl (C=O) groups is 1. The van der Waals surface area contributed by atoms with Crippen molar-refractivity contribution in [1.29, 1.82) is 0 Å². The minimum absolute atomic E-state index is 0. The van der Waals surface area contributed by atoms with Gasteiger partial charge in [-0.1, -0.05) is 0 Å². The first-order valence-corrected chi connectivity index (χ1v) is 1.90. The topological polar surface area (TPSA) is 2860 Å². The number of rotatable bonds is 1. The molecule has 92 heteroatoms. The van der Waals surface area contributed by atoms with Crippen LogP contribution in [0.3, 0.4) is 0 Å². The zero-order valence-corrected chi connectivity index (χ0v) is 49.0. The number of hydrogen-bond acceptors (Lipinski definition) is 2. The number of ether oxygens (including phenoxy) is 1. The van der Waals surface area contributed by atoms with E-state index in [1.54, 1.807) is 6.92 Å². The van der Waals surface area contributed by atoms with Gasteiger partial charge in [0.25, 0.3) is 0 Å². The molecule has 0 aromatic heterocycles. The van der Waals surface area contributed by atoms with Gasteiger partial charge in [0.1, 0.15) is 0 Å². The first kappa shape index (κ1) is 1000000. The third kappa shape index (κ3) is 556000. The smallest absolute Gasteiger partial charge is 0.302 e. The van der Waals surface area contributed by atoms with E-state index in [1.807, 2.05) is 0 Å². The highest BCUT2D eigenvalue weighted by Crippen LogP contribution is 1.69. The van der Waals surface area contributed by atoms with Crippen molar-refractivity contribution in [3.63, 3.8) is 0 Å². The van der Waals surface area contributed by atoms with E-state index in [0.29, 0.717) is 6.61 Å². The highest BCUT2D eigenvalue weighted by atomic mass is 16.5. The summed E-state index contributed by atoms with van der Waals surface area (Å²) in [6, 6.07) is 0. The Balaban J connectivity index is -0.0000000000312. The van der Waals surface area contributed by atoms with Crippen LogP contribution < -0.4 is 0 Å². The summed E-state index contributed by atoms with van der Waals surface area (Å²) in [6.45, 7) is 3.65. The second-order valence-corrected chi connectivity index (χ2v) is 0.925. The van der Waals surface area contributed by atoms with Gasteiger partial charge in [-0.2, -0.15) is 0 Å². The van der Waals surface area contributed by atoms with Gasteiger partial charge in [0.2, 0.25) is 0 Å². The Bertz CT molecular complexity index is 68.0. The SMILES string of the molecule is CCOC(C)=O.O.O.O.O.O.O.O.O.O.O.O.O.O.O.O.O.O.O.O.O.O.O.O.O.O.O.O.O.O.O.O.O.O.O.O.O.O.O.O.O.O.O.O.O.O.O.O.O.O.O.O.O.O.O.O.O.O.O.O.O.O.O.O.O.O.O.O.O.O.O.O.O.O.O.O.O.O.O.O.O.O.O.O.O.O.O.O.O.O.O. The molecule has 0 amide bonds. The zero-order chi connectivity index (χ0) is 4.99. The van der Waals surface area contributed by atoms with Gasteiger partial charge >= 0.3 is 5.97 Å². The number of carbonyl (C=O) groups excluding carboxylic acids is 1. The Labute approximate surface area is 530 Å². The number of esters is 1. The third-order valence-electron chi connectivity index (χ3n) is 0.348. The van der Waals surface area contributed by atoms with E-state index < -0.39 is 0 Å². The molecule has 0 saturated heterocycles. The van der Waals surface area contributed by atoms with E-state index in [2.05, 4.69) is 4.74 Å². The Hall–Kier alpha value is -4.13. The average molecular weight is 1710 g/mol. The number of hydrogen-bond donors (Lipinski definition) is 0. The molecule has 96 heavy (non-hydrogen) atoms. The largest absolute Gasteiger partial charge is 0.466 e. The molecule has 0 aromatic rings. The van der Waals surface area contributed by atoms with Crippen molar-refractivity contribution < 1.29 is 502 Å². The molecule has 756 valence electrons. The van der Waals surface area contributed by atoms with Gasteiger partial charge in [0.15, 0.2) is 0 Å². The van der Waals surface area contributed by atoms with E-state index in [1.165, 1.54) is 6.92 Å². The van der Waals surface area contributed by atoms with Gasteiger partial charge in [-0.05, 0) is 6.92 Å². The summed E-state index contributed by atoms with van der Waals surface area (Å²) in [4.78, 5) is 9.82. The standard InChI is InChI=1S/C4H8O2.90H2O/c1-3-6-4(2)5;;;;;;;;;;;;;;;;;;;;;;;;;;;;;;;;;;;;;;;;;;;;;;;;;;;;;;;;;;;;;;;;;;;;;;;;;;;;;;;;;;;;;;;;;;/h3H2,1-2H3;90*1H2. The summed E-state index contributed by atoms with van der Waals surface area (Å²) in [7, 11) is 0. The third-order valence-corrected chi connectivity index (χ3v) is 0.348. The van der Waals surface area contributed by atoms with Crippen LogP contribution in [-0.4, -0.2) is 505 Å². The van der Waals surface area contributed by atoms with Crippen LogP contribution in [0, 0.1) is 0 Å². The molecule has 0 rings (SSSR count). The van der Waals surface area contributed by atoms with Crippen LogP contribution in [0.15, 0.2) is 0 Å². The van der Waals surface area contributed by atoms with Crippen LogP contribution in [0.1, 0.15) is 13.8 Å². The summed E-state index contributed by atoms with van der Waals surface area (Å²) in [5.74, 6) is -0.211. The van der Waals surface area contributed by atoms with Crippen LogP contribution in [0.4, 0.5) is 0 Å². The van der Waals surface area contributed by atoms with Crippen molar-refractivity contribution in [2.75, 3.05) is 6.61 Å². The molecule has 0 radical (unpaired) electrons.